The lowest BCUT2D eigenvalue weighted by atomic mass is 9.99. The summed E-state index contributed by atoms with van der Waals surface area (Å²) in [7, 11) is 1.72. The van der Waals surface area contributed by atoms with Crippen LogP contribution in [-0.4, -0.2) is 19.2 Å². The van der Waals surface area contributed by atoms with Gasteiger partial charge in [-0.3, -0.25) is 0 Å². The van der Waals surface area contributed by atoms with Crippen LogP contribution in [0.15, 0.2) is 24.3 Å². The second-order valence-corrected chi connectivity index (χ2v) is 6.13. The van der Waals surface area contributed by atoms with Crippen molar-refractivity contribution in [3.63, 3.8) is 0 Å². The zero-order valence-corrected chi connectivity index (χ0v) is 12.4. The Kier molecular flexibility index (Phi) is 5.67. The van der Waals surface area contributed by atoms with Crippen LogP contribution in [0.5, 0.6) is 5.75 Å². The number of hydrogen-bond donors (Lipinski definition) is 1. The van der Waals surface area contributed by atoms with Crippen LogP contribution < -0.4 is 10.1 Å². The maximum atomic E-state index is 5.24. The normalized spacial score (nSPS) is 13.4. The highest BCUT2D eigenvalue weighted by Crippen LogP contribution is 2.16. The van der Waals surface area contributed by atoms with E-state index in [2.05, 4.69) is 51.2 Å². The molecule has 0 bridgehead atoms. The molecule has 0 fully saturated rings. The van der Waals surface area contributed by atoms with Crippen molar-refractivity contribution in [2.45, 2.75) is 46.1 Å². The fourth-order valence-corrected chi connectivity index (χ4v) is 1.82. The first kappa shape index (κ1) is 15.0. The maximum Gasteiger partial charge on any atom is 0.119 e. The van der Waals surface area contributed by atoms with Gasteiger partial charge in [-0.1, -0.05) is 19.1 Å². The van der Waals surface area contributed by atoms with E-state index in [1.165, 1.54) is 12.0 Å². The predicted octanol–water partition coefficient (Wildman–Crippen LogP) is 3.65. The van der Waals surface area contributed by atoms with Crippen LogP contribution in [0, 0.1) is 5.92 Å². The molecule has 0 saturated carbocycles. The number of methoxy groups -OCH3 is 1. The Morgan fingerprint density at radius 1 is 1.28 bits per heavy atom. The van der Waals surface area contributed by atoms with Crippen LogP contribution in [-0.2, 0) is 6.42 Å². The second kappa shape index (κ2) is 6.79. The van der Waals surface area contributed by atoms with Gasteiger partial charge in [0.05, 0.1) is 7.11 Å². The average Bonchev–Trinajstić information content (AvgIpc) is 2.33. The molecule has 0 saturated heterocycles. The van der Waals surface area contributed by atoms with Gasteiger partial charge in [-0.25, -0.2) is 0 Å². The van der Waals surface area contributed by atoms with Crippen molar-refractivity contribution in [3.8, 4) is 5.75 Å². The van der Waals surface area contributed by atoms with Crippen molar-refractivity contribution in [2.24, 2.45) is 5.92 Å². The minimum absolute atomic E-state index is 0.213. The van der Waals surface area contributed by atoms with Crippen LogP contribution in [0.1, 0.15) is 39.7 Å². The molecule has 1 rings (SSSR count). The molecular formula is C16H27NO. The summed E-state index contributed by atoms with van der Waals surface area (Å²) in [6.07, 6.45) is 2.32. The van der Waals surface area contributed by atoms with E-state index in [-0.39, 0.29) is 5.54 Å². The quantitative estimate of drug-likeness (QED) is 0.831. The highest BCUT2D eigenvalue weighted by molar-refractivity contribution is 5.28. The van der Waals surface area contributed by atoms with E-state index in [9.17, 15) is 0 Å². The lowest BCUT2D eigenvalue weighted by Crippen LogP contribution is -2.38. The molecule has 2 heteroatoms. The van der Waals surface area contributed by atoms with E-state index in [0.29, 0.717) is 5.92 Å². The van der Waals surface area contributed by atoms with Gasteiger partial charge in [0.15, 0.2) is 0 Å². The molecule has 2 nitrogen and oxygen atoms in total. The first-order valence-corrected chi connectivity index (χ1v) is 6.78. The monoisotopic (exact) mass is 249 g/mol. The molecule has 0 spiro atoms. The number of ether oxygens (including phenoxy) is 1. The van der Waals surface area contributed by atoms with Crippen molar-refractivity contribution in [2.75, 3.05) is 13.7 Å². The Hall–Kier alpha value is -1.02. The molecule has 1 aromatic carbocycles. The minimum Gasteiger partial charge on any atom is -0.497 e. The Morgan fingerprint density at radius 3 is 2.61 bits per heavy atom. The van der Waals surface area contributed by atoms with Crippen molar-refractivity contribution < 1.29 is 4.74 Å². The number of aryl methyl sites for hydroxylation is 1. The molecule has 1 unspecified atom stereocenters. The van der Waals surface area contributed by atoms with Crippen LogP contribution in [0.25, 0.3) is 0 Å². The van der Waals surface area contributed by atoms with Gasteiger partial charge in [-0.05, 0) is 63.8 Å². The molecule has 1 atom stereocenters. The smallest absolute Gasteiger partial charge is 0.119 e. The summed E-state index contributed by atoms with van der Waals surface area (Å²) in [6.45, 7) is 10.0. The highest BCUT2D eigenvalue weighted by Gasteiger charge is 2.11. The number of benzene rings is 1. The molecule has 0 heterocycles. The fourth-order valence-electron chi connectivity index (χ4n) is 1.82. The van der Waals surface area contributed by atoms with Crippen molar-refractivity contribution in [1.82, 2.24) is 5.32 Å². The van der Waals surface area contributed by atoms with E-state index >= 15 is 0 Å². The van der Waals surface area contributed by atoms with Crippen molar-refractivity contribution in [3.05, 3.63) is 29.8 Å². The third kappa shape index (κ3) is 6.06. The maximum absolute atomic E-state index is 5.24. The van der Waals surface area contributed by atoms with Gasteiger partial charge in [0.1, 0.15) is 5.75 Å². The SMILES string of the molecule is COc1cccc(CCC(C)CNC(C)(C)C)c1. The highest BCUT2D eigenvalue weighted by atomic mass is 16.5. The molecule has 0 aliphatic rings. The van der Waals surface area contributed by atoms with E-state index in [1.807, 2.05) is 6.07 Å². The predicted molar refractivity (Wildman–Crippen MR) is 78.2 cm³/mol. The van der Waals surface area contributed by atoms with Gasteiger partial charge in [0.25, 0.3) is 0 Å². The summed E-state index contributed by atoms with van der Waals surface area (Å²) in [5.74, 6) is 1.64. The van der Waals surface area contributed by atoms with Gasteiger partial charge in [-0.15, -0.1) is 0 Å². The molecule has 102 valence electrons. The molecule has 0 aliphatic carbocycles. The molecule has 1 N–H and O–H groups in total. The number of rotatable bonds is 6. The van der Waals surface area contributed by atoms with Crippen LogP contribution in [0.2, 0.25) is 0 Å². The van der Waals surface area contributed by atoms with E-state index in [1.54, 1.807) is 7.11 Å². The van der Waals surface area contributed by atoms with Crippen molar-refractivity contribution >= 4 is 0 Å². The van der Waals surface area contributed by atoms with Crippen LogP contribution in [0.4, 0.5) is 0 Å². The van der Waals surface area contributed by atoms with Crippen molar-refractivity contribution in [1.29, 1.82) is 0 Å². The summed E-state index contributed by atoms with van der Waals surface area (Å²) >= 11 is 0. The Labute approximate surface area is 112 Å². The van der Waals surface area contributed by atoms with Gasteiger partial charge >= 0.3 is 0 Å². The van der Waals surface area contributed by atoms with Crippen LogP contribution >= 0.6 is 0 Å². The first-order chi connectivity index (χ1) is 8.40. The molecule has 1 aromatic rings. The van der Waals surface area contributed by atoms with Gasteiger partial charge < -0.3 is 10.1 Å². The minimum atomic E-state index is 0.213. The fraction of sp³-hybridized carbons (Fsp3) is 0.625. The van der Waals surface area contributed by atoms with E-state index in [4.69, 9.17) is 4.74 Å². The summed E-state index contributed by atoms with van der Waals surface area (Å²) in [5, 5.41) is 3.56. The average molecular weight is 249 g/mol. The number of nitrogens with one attached hydrogen (secondary N) is 1. The second-order valence-electron chi connectivity index (χ2n) is 6.13. The zero-order chi connectivity index (χ0) is 13.6. The molecule has 0 amide bonds. The molecular weight excluding hydrogens is 222 g/mol. The third-order valence-corrected chi connectivity index (χ3v) is 3.04. The molecule has 18 heavy (non-hydrogen) atoms. The summed E-state index contributed by atoms with van der Waals surface area (Å²) in [5.41, 5.74) is 1.57. The van der Waals surface area contributed by atoms with E-state index < -0.39 is 0 Å². The first-order valence-electron chi connectivity index (χ1n) is 6.78. The standard InChI is InChI=1S/C16H27NO/c1-13(12-17-16(2,3)4)9-10-14-7-6-8-15(11-14)18-5/h6-8,11,13,17H,9-10,12H2,1-5H3. The third-order valence-electron chi connectivity index (χ3n) is 3.04. The largest absolute Gasteiger partial charge is 0.497 e. The van der Waals surface area contributed by atoms with Gasteiger partial charge in [-0.2, -0.15) is 0 Å². The summed E-state index contributed by atoms with van der Waals surface area (Å²) < 4.78 is 5.24. The topological polar surface area (TPSA) is 21.3 Å². The Morgan fingerprint density at radius 2 is 2.00 bits per heavy atom. The lowest BCUT2D eigenvalue weighted by Gasteiger charge is -2.23. The molecule has 0 aliphatic heterocycles. The Bertz CT molecular complexity index is 354. The molecule has 0 aromatic heterocycles. The lowest BCUT2D eigenvalue weighted by molar-refractivity contribution is 0.372. The molecule has 0 radical (unpaired) electrons. The summed E-state index contributed by atoms with van der Waals surface area (Å²) in [6, 6.07) is 8.36. The number of hydrogen-bond acceptors (Lipinski definition) is 2. The zero-order valence-electron chi connectivity index (χ0n) is 12.4. The van der Waals surface area contributed by atoms with Crippen LogP contribution in [0.3, 0.4) is 0 Å². The van der Waals surface area contributed by atoms with E-state index in [0.717, 1.165) is 18.7 Å². The Balaban J connectivity index is 2.35. The summed E-state index contributed by atoms with van der Waals surface area (Å²) in [4.78, 5) is 0. The van der Waals surface area contributed by atoms with Gasteiger partial charge in [0.2, 0.25) is 0 Å². The van der Waals surface area contributed by atoms with Gasteiger partial charge in [0, 0.05) is 5.54 Å².